The molecule has 3 rings (SSSR count). The summed E-state index contributed by atoms with van der Waals surface area (Å²) in [5.74, 6) is 0.391. The molecule has 0 saturated heterocycles. The maximum atomic E-state index is 12.4. The summed E-state index contributed by atoms with van der Waals surface area (Å²) in [6, 6.07) is 3.83. The normalized spacial score (nSPS) is 13.0. The summed E-state index contributed by atoms with van der Waals surface area (Å²) in [5.41, 5.74) is 2.84. The largest absolute Gasteiger partial charge is 0.462 e. The molecule has 2 aromatic heterocycles. The first-order valence-corrected chi connectivity index (χ1v) is 9.63. The second kappa shape index (κ2) is 7.93. The fourth-order valence-electron chi connectivity index (χ4n) is 2.87. The average Bonchev–Trinajstić information content (AvgIpc) is 2.95. The number of hydrogen-bond acceptors (Lipinski definition) is 5. The minimum atomic E-state index is -0.277. The standard InChI is InChI=1S/C18H21N3O2S2/c1-3-23-17(22)15-12-6-4-5-7-13(12)25-16(15)21-18(24)20-14-9-8-11(2)10-19-14/h8-10H,3-7H2,1-2H3,(H2,19,20,21,24). The molecule has 7 heteroatoms. The lowest BCUT2D eigenvalue weighted by atomic mass is 9.95. The van der Waals surface area contributed by atoms with Crippen LogP contribution in [0, 0.1) is 6.92 Å². The Morgan fingerprint density at radius 1 is 1.32 bits per heavy atom. The molecule has 0 spiro atoms. The smallest absolute Gasteiger partial charge is 0.341 e. The van der Waals surface area contributed by atoms with Gasteiger partial charge in [-0.05, 0) is 68.9 Å². The number of nitrogens with zero attached hydrogens (tertiary/aromatic N) is 1. The van der Waals surface area contributed by atoms with Gasteiger partial charge < -0.3 is 15.4 Å². The van der Waals surface area contributed by atoms with E-state index in [4.69, 9.17) is 17.0 Å². The zero-order chi connectivity index (χ0) is 17.8. The summed E-state index contributed by atoms with van der Waals surface area (Å²) in [4.78, 5) is 18.0. The van der Waals surface area contributed by atoms with Crippen LogP contribution < -0.4 is 10.6 Å². The number of thiocarbonyl (C=S) groups is 1. The number of thiophene rings is 1. The van der Waals surface area contributed by atoms with Gasteiger partial charge in [0.05, 0.1) is 12.2 Å². The van der Waals surface area contributed by atoms with Gasteiger partial charge in [-0.15, -0.1) is 11.3 Å². The number of esters is 1. The molecule has 25 heavy (non-hydrogen) atoms. The Bertz CT molecular complexity index is 784. The third-order valence-corrected chi connectivity index (χ3v) is 5.44. The van der Waals surface area contributed by atoms with Crippen LogP contribution in [0.2, 0.25) is 0 Å². The Morgan fingerprint density at radius 2 is 2.12 bits per heavy atom. The number of aryl methyl sites for hydroxylation is 2. The van der Waals surface area contributed by atoms with Crippen LogP contribution in [-0.2, 0) is 17.6 Å². The first-order chi connectivity index (χ1) is 12.1. The lowest BCUT2D eigenvalue weighted by Crippen LogP contribution is -2.21. The van der Waals surface area contributed by atoms with Crippen LogP contribution in [0.25, 0.3) is 0 Å². The van der Waals surface area contributed by atoms with Crippen LogP contribution in [0.15, 0.2) is 18.3 Å². The summed E-state index contributed by atoms with van der Waals surface area (Å²) in [5, 5.41) is 7.40. The van der Waals surface area contributed by atoms with Gasteiger partial charge >= 0.3 is 5.97 Å². The number of carbonyl (C=O) groups excluding carboxylic acids is 1. The van der Waals surface area contributed by atoms with Crippen LogP contribution in [0.4, 0.5) is 10.8 Å². The highest BCUT2D eigenvalue weighted by molar-refractivity contribution is 7.80. The first kappa shape index (κ1) is 17.8. The molecular weight excluding hydrogens is 354 g/mol. The van der Waals surface area contributed by atoms with E-state index in [9.17, 15) is 4.79 Å². The van der Waals surface area contributed by atoms with Crippen molar-refractivity contribution in [1.82, 2.24) is 4.98 Å². The quantitative estimate of drug-likeness (QED) is 0.613. The summed E-state index contributed by atoms with van der Waals surface area (Å²) in [6.45, 7) is 4.16. The van der Waals surface area contributed by atoms with E-state index in [2.05, 4.69) is 15.6 Å². The van der Waals surface area contributed by atoms with Gasteiger partial charge in [0.1, 0.15) is 10.8 Å². The number of hydrogen-bond donors (Lipinski definition) is 2. The second-order valence-corrected chi connectivity index (χ2v) is 7.45. The molecule has 0 aliphatic heterocycles. The molecule has 5 nitrogen and oxygen atoms in total. The predicted octanol–water partition coefficient (Wildman–Crippen LogP) is 4.32. The highest BCUT2D eigenvalue weighted by Crippen LogP contribution is 2.38. The molecule has 0 saturated carbocycles. The van der Waals surface area contributed by atoms with Crippen molar-refractivity contribution in [2.45, 2.75) is 39.5 Å². The van der Waals surface area contributed by atoms with Crippen molar-refractivity contribution in [3.05, 3.63) is 39.9 Å². The summed E-state index contributed by atoms with van der Waals surface area (Å²) in [6.07, 6.45) is 5.96. The first-order valence-electron chi connectivity index (χ1n) is 8.40. The van der Waals surface area contributed by atoms with Gasteiger partial charge in [0, 0.05) is 11.1 Å². The molecule has 0 atom stereocenters. The van der Waals surface area contributed by atoms with E-state index < -0.39 is 0 Å². The maximum absolute atomic E-state index is 12.4. The van der Waals surface area contributed by atoms with Crippen molar-refractivity contribution in [2.75, 3.05) is 17.2 Å². The van der Waals surface area contributed by atoms with E-state index >= 15 is 0 Å². The Balaban J connectivity index is 1.81. The molecule has 132 valence electrons. The van der Waals surface area contributed by atoms with Gasteiger partial charge in [-0.1, -0.05) is 6.07 Å². The molecule has 0 unspecified atom stereocenters. The van der Waals surface area contributed by atoms with Crippen LogP contribution in [0.3, 0.4) is 0 Å². The van der Waals surface area contributed by atoms with Gasteiger partial charge in [-0.25, -0.2) is 9.78 Å². The Morgan fingerprint density at radius 3 is 2.84 bits per heavy atom. The van der Waals surface area contributed by atoms with Gasteiger partial charge in [-0.3, -0.25) is 0 Å². The number of rotatable bonds is 4. The number of pyridine rings is 1. The predicted molar refractivity (Wildman–Crippen MR) is 106 cm³/mol. The van der Waals surface area contributed by atoms with E-state index in [1.54, 1.807) is 17.5 Å². The minimum Gasteiger partial charge on any atom is -0.462 e. The van der Waals surface area contributed by atoms with E-state index in [0.29, 0.717) is 23.1 Å². The Labute approximate surface area is 156 Å². The van der Waals surface area contributed by atoms with Gasteiger partial charge in [-0.2, -0.15) is 0 Å². The fourth-order valence-corrected chi connectivity index (χ4v) is 4.42. The van der Waals surface area contributed by atoms with Gasteiger partial charge in [0.2, 0.25) is 0 Å². The third-order valence-electron chi connectivity index (χ3n) is 4.03. The third kappa shape index (κ3) is 4.16. The number of carbonyl (C=O) groups is 1. The van der Waals surface area contributed by atoms with Crippen LogP contribution in [0.5, 0.6) is 0 Å². The molecule has 0 amide bonds. The molecule has 2 heterocycles. The molecule has 2 N–H and O–H groups in total. The average molecular weight is 376 g/mol. The number of fused-ring (bicyclic) bond motifs is 1. The van der Waals surface area contributed by atoms with Crippen molar-refractivity contribution in [3.8, 4) is 0 Å². The lowest BCUT2D eigenvalue weighted by Gasteiger charge is -2.13. The Kier molecular flexibility index (Phi) is 5.65. The van der Waals surface area contributed by atoms with Crippen LogP contribution in [0.1, 0.15) is 46.1 Å². The van der Waals surface area contributed by atoms with Gasteiger partial charge in [0.15, 0.2) is 5.11 Å². The topological polar surface area (TPSA) is 63.2 Å². The maximum Gasteiger partial charge on any atom is 0.341 e. The second-order valence-electron chi connectivity index (χ2n) is 5.94. The van der Waals surface area contributed by atoms with E-state index in [1.807, 2.05) is 26.0 Å². The fraction of sp³-hybridized carbons (Fsp3) is 0.389. The van der Waals surface area contributed by atoms with Crippen LogP contribution in [-0.4, -0.2) is 22.7 Å². The molecule has 0 radical (unpaired) electrons. The molecule has 1 aliphatic rings. The number of anilines is 2. The van der Waals surface area contributed by atoms with Crippen LogP contribution >= 0.6 is 23.6 Å². The highest BCUT2D eigenvalue weighted by atomic mass is 32.1. The lowest BCUT2D eigenvalue weighted by molar-refractivity contribution is 0.0526. The van der Waals surface area contributed by atoms with E-state index in [0.717, 1.165) is 41.8 Å². The van der Waals surface area contributed by atoms with Crippen molar-refractivity contribution < 1.29 is 9.53 Å². The highest BCUT2D eigenvalue weighted by Gasteiger charge is 2.26. The monoisotopic (exact) mass is 375 g/mol. The zero-order valence-electron chi connectivity index (χ0n) is 14.3. The number of ether oxygens (including phenoxy) is 1. The molecular formula is C18H21N3O2S2. The van der Waals surface area contributed by atoms with Crippen molar-refractivity contribution in [2.24, 2.45) is 0 Å². The zero-order valence-corrected chi connectivity index (χ0v) is 16.0. The number of nitrogens with one attached hydrogen (secondary N) is 2. The molecule has 1 aliphatic carbocycles. The van der Waals surface area contributed by atoms with Crippen molar-refractivity contribution in [1.29, 1.82) is 0 Å². The van der Waals surface area contributed by atoms with Crippen molar-refractivity contribution >= 4 is 45.5 Å². The summed E-state index contributed by atoms with van der Waals surface area (Å²) < 4.78 is 5.26. The number of aromatic nitrogens is 1. The minimum absolute atomic E-state index is 0.277. The summed E-state index contributed by atoms with van der Waals surface area (Å²) in [7, 11) is 0. The summed E-state index contributed by atoms with van der Waals surface area (Å²) >= 11 is 6.99. The van der Waals surface area contributed by atoms with E-state index in [1.165, 1.54) is 4.88 Å². The van der Waals surface area contributed by atoms with E-state index in [-0.39, 0.29) is 5.97 Å². The molecule has 0 fully saturated rings. The van der Waals surface area contributed by atoms with Gasteiger partial charge in [0.25, 0.3) is 0 Å². The van der Waals surface area contributed by atoms with Crippen molar-refractivity contribution in [3.63, 3.8) is 0 Å². The SMILES string of the molecule is CCOC(=O)c1c(NC(=S)Nc2ccc(C)cn2)sc2c1CCCC2. The Hall–Kier alpha value is -1.99. The molecule has 0 aromatic carbocycles. The molecule has 2 aromatic rings. The molecule has 0 bridgehead atoms.